The molecule has 1 aliphatic heterocycles. The lowest BCUT2D eigenvalue weighted by atomic mass is 10.00. The first-order valence-electron chi connectivity index (χ1n) is 7.81. The van der Waals surface area contributed by atoms with Gasteiger partial charge in [-0.3, -0.25) is 4.79 Å². The van der Waals surface area contributed by atoms with Gasteiger partial charge in [0.15, 0.2) is 0 Å². The summed E-state index contributed by atoms with van der Waals surface area (Å²) in [5, 5.41) is -0.0987. The smallest absolute Gasteiger partial charge is 0.216 e. The highest BCUT2D eigenvalue weighted by Crippen LogP contribution is 2.38. The van der Waals surface area contributed by atoms with Crippen LogP contribution in [-0.4, -0.2) is 25.8 Å². The van der Waals surface area contributed by atoms with Gasteiger partial charge < -0.3 is 4.23 Å². The molecule has 2 nitrogen and oxygen atoms in total. The minimum absolute atomic E-state index is 0.0987. The summed E-state index contributed by atoms with van der Waals surface area (Å²) in [6.45, 7) is 13.0. The second-order valence-electron chi connectivity index (χ2n) is 7.31. The summed E-state index contributed by atoms with van der Waals surface area (Å²) in [6, 6.07) is 8.87. The van der Waals surface area contributed by atoms with Crippen molar-refractivity contribution in [2.45, 2.75) is 58.2 Å². The third kappa shape index (κ3) is 3.36. The summed E-state index contributed by atoms with van der Waals surface area (Å²) in [5.41, 5.74) is 3.33. The van der Waals surface area contributed by atoms with Gasteiger partial charge in [-0.15, -0.1) is 12.6 Å². The molecule has 1 aromatic carbocycles. The first-order valence-corrected chi connectivity index (χ1v) is 14.6. The number of rotatable bonds is 4. The molecule has 0 spiro atoms. The van der Waals surface area contributed by atoms with Crippen molar-refractivity contribution in [3.8, 4) is 0 Å². The fourth-order valence-electron chi connectivity index (χ4n) is 3.64. The summed E-state index contributed by atoms with van der Waals surface area (Å²) >= 11 is 4.09. The number of aryl methyl sites for hydroxylation is 1. The molecule has 1 aromatic rings. The number of hydrogen-bond donors (Lipinski definition) is 1. The van der Waals surface area contributed by atoms with Gasteiger partial charge in [0.2, 0.25) is 5.12 Å². The highest BCUT2D eigenvalue weighted by Gasteiger charge is 2.47. The van der Waals surface area contributed by atoms with Crippen LogP contribution in [-0.2, 0) is 13.0 Å². The second-order valence-corrected chi connectivity index (χ2v) is 17.5. The van der Waals surface area contributed by atoms with Crippen LogP contribution in [0.3, 0.4) is 0 Å². The molecule has 1 saturated heterocycles. The highest BCUT2D eigenvalue weighted by molar-refractivity contribution is 7.97. The molecule has 0 bridgehead atoms. The Morgan fingerprint density at radius 1 is 1.19 bits per heavy atom. The fourth-order valence-corrected chi connectivity index (χ4v) is 17.7. The van der Waals surface area contributed by atoms with Gasteiger partial charge >= 0.3 is 0 Å². The van der Waals surface area contributed by atoms with E-state index in [2.05, 4.69) is 56.0 Å². The van der Waals surface area contributed by atoms with Crippen LogP contribution in [0.25, 0.3) is 0 Å². The summed E-state index contributed by atoms with van der Waals surface area (Å²) < 4.78 is 2.83. The van der Waals surface area contributed by atoms with E-state index in [4.69, 9.17) is 0 Å². The first kappa shape index (κ1) is 17.0. The van der Waals surface area contributed by atoms with Gasteiger partial charge in [-0.05, 0) is 29.6 Å². The van der Waals surface area contributed by atoms with Gasteiger partial charge in [0.05, 0.1) is 0 Å². The largest absolute Gasteiger partial charge is 0.342 e. The number of nitrogens with zero attached hydrogens (tertiary/aromatic N) is 1. The molecule has 0 N–H and O–H groups in total. The molecular weight excluding hydrogens is 310 g/mol. The van der Waals surface area contributed by atoms with Crippen molar-refractivity contribution in [3.05, 3.63) is 34.9 Å². The van der Waals surface area contributed by atoms with Crippen molar-refractivity contribution in [2.24, 2.45) is 0 Å². The molecule has 5 heteroatoms. The topological polar surface area (TPSA) is 20.3 Å². The van der Waals surface area contributed by atoms with E-state index in [1.807, 2.05) is 12.1 Å². The van der Waals surface area contributed by atoms with E-state index in [0.29, 0.717) is 0 Å². The molecule has 0 atom stereocenters. The van der Waals surface area contributed by atoms with Crippen molar-refractivity contribution in [3.63, 3.8) is 0 Å². The second kappa shape index (κ2) is 6.03. The van der Waals surface area contributed by atoms with Gasteiger partial charge in [-0.1, -0.05) is 51.3 Å². The van der Waals surface area contributed by atoms with Crippen LogP contribution in [0.2, 0.25) is 38.3 Å². The lowest BCUT2D eigenvalue weighted by Crippen LogP contribution is -2.54. The van der Waals surface area contributed by atoms with Crippen LogP contribution in [0, 0.1) is 0 Å². The van der Waals surface area contributed by atoms with E-state index in [0.717, 1.165) is 18.5 Å². The Labute approximate surface area is 136 Å². The zero-order valence-corrected chi connectivity index (χ0v) is 16.8. The average molecular weight is 338 g/mol. The molecule has 21 heavy (non-hydrogen) atoms. The van der Waals surface area contributed by atoms with Gasteiger partial charge in [0, 0.05) is 12.1 Å². The molecule has 0 aromatic heterocycles. The van der Waals surface area contributed by atoms with Crippen LogP contribution in [0.15, 0.2) is 18.2 Å². The monoisotopic (exact) mass is 337 g/mol. The van der Waals surface area contributed by atoms with E-state index in [1.165, 1.54) is 23.2 Å². The molecule has 0 amide bonds. The summed E-state index contributed by atoms with van der Waals surface area (Å²) in [7, 11) is -2.64. The standard InChI is InChI=1S/C16H27NOSSi2/c1-6-13-8-7-9-14(16(18)19)15(13)12-17-20(2,3)10-11-21(17,4)5/h7-9H,6,10-12H2,1-5H3,(H,18,19). The van der Waals surface area contributed by atoms with Gasteiger partial charge in [0.1, 0.15) is 16.5 Å². The van der Waals surface area contributed by atoms with Crippen molar-refractivity contribution >= 4 is 34.2 Å². The number of carbonyl (C=O) groups is 1. The lowest BCUT2D eigenvalue weighted by Gasteiger charge is -2.39. The van der Waals surface area contributed by atoms with E-state index >= 15 is 0 Å². The van der Waals surface area contributed by atoms with Gasteiger partial charge in [0.25, 0.3) is 0 Å². The molecular formula is C16H27NOSSi2. The quantitative estimate of drug-likeness (QED) is 0.643. The first-order chi connectivity index (χ1) is 9.69. The van der Waals surface area contributed by atoms with Crippen molar-refractivity contribution in [1.82, 2.24) is 4.23 Å². The fraction of sp³-hybridized carbons (Fsp3) is 0.562. The Morgan fingerprint density at radius 2 is 1.76 bits per heavy atom. The van der Waals surface area contributed by atoms with Crippen molar-refractivity contribution < 1.29 is 4.79 Å². The molecule has 1 fully saturated rings. The van der Waals surface area contributed by atoms with E-state index in [-0.39, 0.29) is 5.12 Å². The van der Waals surface area contributed by atoms with Crippen LogP contribution < -0.4 is 0 Å². The zero-order valence-electron chi connectivity index (χ0n) is 13.9. The third-order valence-electron chi connectivity index (χ3n) is 5.01. The van der Waals surface area contributed by atoms with Gasteiger partial charge in [-0.25, -0.2) is 0 Å². The Morgan fingerprint density at radius 3 is 2.24 bits per heavy atom. The third-order valence-corrected chi connectivity index (χ3v) is 15.6. The molecule has 116 valence electrons. The Hall–Kier alpha value is -0.366. The molecule has 0 unspecified atom stereocenters. The molecule has 2 rings (SSSR count). The normalized spacial score (nSPS) is 20.7. The van der Waals surface area contributed by atoms with Crippen molar-refractivity contribution in [1.29, 1.82) is 0 Å². The van der Waals surface area contributed by atoms with Crippen LogP contribution >= 0.6 is 12.6 Å². The number of hydrogen-bond acceptors (Lipinski definition) is 2. The van der Waals surface area contributed by atoms with E-state index in [1.54, 1.807) is 0 Å². The molecule has 0 aliphatic carbocycles. The summed E-state index contributed by atoms with van der Waals surface area (Å²) in [6.07, 6.45) is 0.974. The van der Waals surface area contributed by atoms with E-state index < -0.39 is 16.5 Å². The van der Waals surface area contributed by atoms with Crippen LogP contribution in [0.1, 0.15) is 28.4 Å². The predicted molar refractivity (Wildman–Crippen MR) is 99.3 cm³/mol. The Bertz CT molecular complexity index is 541. The Balaban J connectivity index is 2.45. The maximum absolute atomic E-state index is 11.9. The van der Waals surface area contributed by atoms with Gasteiger partial charge in [-0.2, -0.15) is 0 Å². The SMILES string of the molecule is CCc1cccc(C(=O)S)c1CN1[Si](C)(C)CC[Si]1(C)C. The summed E-state index contributed by atoms with van der Waals surface area (Å²) in [4.78, 5) is 11.9. The maximum Gasteiger partial charge on any atom is 0.216 e. The predicted octanol–water partition coefficient (Wildman–Crippen LogP) is 4.54. The molecule has 0 saturated carbocycles. The molecule has 1 heterocycles. The number of carbonyl (C=O) groups excluding carboxylic acids is 1. The summed E-state index contributed by atoms with van der Waals surface area (Å²) in [5.74, 6) is 0. The molecule has 1 aliphatic rings. The zero-order chi connectivity index (χ0) is 15.8. The van der Waals surface area contributed by atoms with Crippen LogP contribution in [0.4, 0.5) is 0 Å². The molecule has 0 radical (unpaired) electrons. The van der Waals surface area contributed by atoms with Crippen molar-refractivity contribution in [2.75, 3.05) is 0 Å². The highest BCUT2D eigenvalue weighted by atomic mass is 32.1. The minimum atomic E-state index is -1.32. The minimum Gasteiger partial charge on any atom is -0.342 e. The number of benzene rings is 1. The Kier molecular flexibility index (Phi) is 4.88. The maximum atomic E-state index is 11.9. The lowest BCUT2D eigenvalue weighted by molar-refractivity contribution is 0.109. The average Bonchev–Trinajstić information content (AvgIpc) is 2.61. The van der Waals surface area contributed by atoms with Crippen LogP contribution in [0.5, 0.6) is 0 Å². The number of thiol groups is 1. The van der Waals surface area contributed by atoms with E-state index in [9.17, 15) is 4.79 Å².